The third-order valence-corrected chi connectivity index (χ3v) is 3.64. The van der Waals surface area contributed by atoms with Crippen LogP contribution in [0.5, 0.6) is 5.75 Å². The molecular weight excluding hydrogens is 324 g/mol. The number of nitrogens with one attached hydrogen (secondary N) is 2. The van der Waals surface area contributed by atoms with Crippen molar-refractivity contribution in [1.82, 2.24) is 9.97 Å². The summed E-state index contributed by atoms with van der Waals surface area (Å²) in [5.41, 5.74) is 1.85. The SMILES string of the molecule is CCOc1ccccc1Nc1cc(NC(C)C)nc(-c2ccccc2)n1. The molecule has 3 rings (SSSR count). The average molecular weight is 348 g/mol. The van der Waals surface area contributed by atoms with E-state index in [0.717, 1.165) is 22.8 Å². The standard InChI is InChI=1S/C21H24N4O/c1-4-26-18-13-9-8-12-17(18)23-20-14-19(22-15(2)3)24-21(25-20)16-10-6-5-7-11-16/h5-15H,4H2,1-3H3,(H2,22,23,24,25). The largest absolute Gasteiger partial charge is 0.492 e. The summed E-state index contributed by atoms with van der Waals surface area (Å²) < 4.78 is 5.70. The molecule has 134 valence electrons. The molecule has 2 N–H and O–H groups in total. The van der Waals surface area contributed by atoms with Gasteiger partial charge in [-0.2, -0.15) is 0 Å². The highest BCUT2D eigenvalue weighted by molar-refractivity contribution is 5.68. The molecule has 0 bridgehead atoms. The maximum atomic E-state index is 5.70. The van der Waals surface area contributed by atoms with E-state index in [-0.39, 0.29) is 6.04 Å². The van der Waals surface area contributed by atoms with Gasteiger partial charge in [-0.1, -0.05) is 42.5 Å². The molecule has 26 heavy (non-hydrogen) atoms. The molecule has 1 aromatic heterocycles. The molecule has 5 nitrogen and oxygen atoms in total. The van der Waals surface area contributed by atoms with Gasteiger partial charge in [-0.3, -0.25) is 0 Å². The van der Waals surface area contributed by atoms with Crippen molar-refractivity contribution in [3.05, 3.63) is 60.7 Å². The second kappa shape index (κ2) is 8.34. The lowest BCUT2D eigenvalue weighted by atomic mass is 10.2. The van der Waals surface area contributed by atoms with Gasteiger partial charge < -0.3 is 15.4 Å². The smallest absolute Gasteiger partial charge is 0.163 e. The summed E-state index contributed by atoms with van der Waals surface area (Å²) >= 11 is 0. The fourth-order valence-corrected chi connectivity index (χ4v) is 2.59. The Kier molecular flexibility index (Phi) is 5.69. The van der Waals surface area contributed by atoms with Crippen molar-refractivity contribution in [2.24, 2.45) is 0 Å². The predicted octanol–water partition coefficient (Wildman–Crippen LogP) is 5.11. The van der Waals surface area contributed by atoms with Gasteiger partial charge in [0.05, 0.1) is 12.3 Å². The third-order valence-electron chi connectivity index (χ3n) is 3.64. The Morgan fingerprint density at radius 1 is 0.923 bits per heavy atom. The van der Waals surface area contributed by atoms with E-state index < -0.39 is 0 Å². The van der Waals surface area contributed by atoms with Crippen LogP contribution in [0, 0.1) is 0 Å². The van der Waals surface area contributed by atoms with Crippen LogP contribution in [0.25, 0.3) is 11.4 Å². The molecule has 3 aromatic rings. The fourth-order valence-electron chi connectivity index (χ4n) is 2.59. The predicted molar refractivity (Wildman–Crippen MR) is 107 cm³/mol. The number of hydrogen-bond donors (Lipinski definition) is 2. The summed E-state index contributed by atoms with van der Waals surface area (Å²) in [4.78, 5) is 9.34. The Balaban J connectivity index is 1.98. The zero-order chi connectivity index (χ0) is 18.4. The van der Waals surface area contributed by atoms with Gasteiger partial charge in [-0.25, -0.2) is 9.97 Å². The van der Waals surface area contributed by atoms with Gasteiger partial charge in [-0.05, 0) is 32.9 Å². The van der Waals surface area contributed by atoms with Gasteiger partial charge in [0.15, 0.2) is 5.82 Å². The first-order valence-electron chi connectivity index (χ1n) is 8.85. The Morgan fingerprint density at radius 3 is 2.35 bits per heavy atom. The molecular formula is C21H24N4O. The van der Waals surface area contributed by atoms with Gasteiger partial charge in [-0.15, -0.1) is 0 Å². The lowest BCUT2D eigenvalue weighted by molar-refractivity contribution is 0.342. The molecule has 0 unspecified atom stereocenters. The van der Waals surface area contributed by atoms with Gasteiger partial charge in [0, 0.05) is 17.7 Å². The van der Waals surface area contributed by atoms with E-state index in [4.69, 9.17) is 4.74 Å². The zero-order valence-electron chi connectivity index (χ0n) is 15.4. The Hall–Kier alpha value is -3.08. The molecule has 0 aliphatic heterocycles. The van der Waals surface area contributed by atoms with Gasteiger partial charge >= 0.3 is 0 Å². The molecule has 0 amide bonds. The van der Waals surface area contributed by atoms with Crippen molar-refractivity contribution < 1.29 is 4.74 Å². The van der Waals surface area contributed by atoms with Crippen LogP contribution < -0.4 is 15.4 Å². The second-order valence-corrected chi connectivity index (χ2v) is 6.18. The zero-order valence-corrected chi connectivity index (χ0v) is 15.4. The Morgan fingerprint density at radius 2 is 1.62 bits per heavy atom. The summed E-state index contributed by atoms with van der Waals surface area (Å²) in [6.07, 6.45) is 0. The molecule has 0 atom stereocenters. The molecule has 0 radical (unpaired) electrons. The highest BCUT2D eigenvalue weighted by Crippen LogP contribution is 2.28. The fraction of sp³-hybridized carbons (Fsp3) is 0.238. The third kappa shape index (κ3) is 4.51. The minimum atomic E-state index is 0.275. The van der Waals surface area contributed by atoms with Crippen LogP contribution in [0.15, 0.2) is 60.7 Å². The van der Waals surface area contributed by atoms with Gasteiger partial charge in [0.2, 0.25) is 0 Å². The quantitative estimate of drug-likeness (QED) is 0.621. The monoisotopic (exact) mass is 348 g/mol. The molecule has 0 saturated heterocycles. The highest BCUT2D eigenvalue weighted by atomic mass is 16.5. The summed E-state index contributed by atoms with van der Waals surface area (Å²) in [5, 5.41) is 6.72. The van der Waals surface area contributed by atoms with Crippen molar-refractivity contribution in [2.75, 3.05) is 17.2 Å². The molecule has 0 saturated carbocycles. The van der Waals surface area contributed by atoms with Crippen LogP contribution in [0.2, 0.25) is 0 Å². The van der Waals surface area contributed by atoms with Crippen molar-refractivity contribution in [3.63, 3.8) is 0 Å². The van der Waals surface area contributed by atoms with Crippen LogP contribution in [0.4, 0.5) is 17.3 Å². The first kappa shape index (κ1) is 17.7. The first-order chi connectivity index (χ1) is 12.7. The minimum Gasteiger partial charge on any atom is -0.492 e. The average Bonchev–Trinajstić information content (AvgIpc) is 2.63. The first-order valence-corrected chi connectivity index (χ1v) is 8.85. The van der Waals surface area contributed by atoms with Crippen molar-refractivity contribution >= 4 is 17.3 Å². The number of hydrogen-bond acceptors (Lipinski definition) is 5. The number of benzene rings is 2. The molecule has 1 heterocycles. The van der Waals surface area contributed by atoms with Crippen LogP contribution >= 0.6 is 0 Å². The molecule has 0 spiro atoms. The lowest BCUT2D eigenvalue weighted by Gasteiger charge is -2.15. The maximum absolute atomic E-state index is 5.70. The highest BCUT2D eigenvalue weighted by Gasteiger charge is 2.10. The molecule has 2 aromatic carbocycles. The topological polar surface area (TPSA) is 59.1 Å². The van der Waals surface area contributed by atoms with Crippen molar-refractivity contribution in [2.45, 2.75) is 26.8 Å². The minimum absolute atomic E-state index is 0.275. The Bertz CT molecular complexity index is 850. The Labute approximate surface area is 154 Å². The summed E-state index contributed by atoms with van der Waals surface area (Å²) in [7, 11) is 0. The second-order valence-electron chi connectivity index (χ2n) is 6.18. The van der Waals surface area contributed by atoms with Crippen LogP contribution in [-0.4, -0.2) is 22.6 Å². The number of ether oxygens (including phenoxy) is 1. The lowest BCUT2D eigenvalue weighted by Crippen LogP contribution is -2.12. The molecule has 5 heteroatoms. The normalized spacial score (nSPS) is 10.6. The van der Waals surface area contributed by atoms with Gasteiger partial charge in [0.25, 0.3) is 0 Å². The summed E-state index contributed by atoms with van der Waals surface area (Å²) in [6, 6.07) is 20.0. The van der Waals surface area contributed by atoms with Crippen molar-refractivity contribution in [1.29, 1.82) is 0 Å². The van der Waals surface area contributed by atoms with Gasteiger partial charge in [0.1, 0.15) is 17.4 Å². The van der Waals surface area contributed by atoms with E-state index in [2.05, 4.69) is 34.4 Å². The number of nitrogens with zero attached hydrogens (tertiary/aromatic N) is 2. The summed E-state index contributed by atoms with van der Waals surface area (Å²) in [6.45, 7) is 6.75. The van der Waals surface area contributed by atoms with E-state index in [0.29, 0.717) is 18.2 Å². The van der Waals surface area contributed by atoms with E-state index >= 15 is 0 Å². The van der Waals surface area contributed by atoms with E-state index in [1.165, 1.54) is 0 Å². The molecule has 0 aliphatic carbocycles. The van der Waals surface area contributed by atoms with Crippen molar-refractivity contribution in [3.8, 4) is 17.1 Å². The van der Waals surface area contributed by atoms with E-state index in [9.17, 15) is 0 Å². The van der Waals surface area contributed by atoms with E-state index in [1.807, 2.05) is 67.6 Å². The van der Waals surface area contributed by atoms with E-state index in [1.54, 1.807) is 0 Å². The number of para-hydroxylation sites is 2. The number of rotatable bonds is 7. The maximum Gasteiger partial charge on any atom is 0.163 e. The van der Waals surface area contributed by atoms with Crippen LogP contribution in [-0.2, 0) is 0 Å². The molecule has 0 fully saturated rings. The summed E-state index contributed by atoms with van der Waals surface area (Å²) in [5.74, 6) is 2.97. The number of aromatic nitrogens is 2. The number of anilines is 3. The molecule has 0 aliphatic rings. The van der Waals surface area contributed by atoms with Crippen LogP contribution in [0.3, 0.4) is 0 Å². The van der Waals surface area contributed by atoms with Crippen LogP contribution in [0.1, 0.15) is 20.8 Å².